The number of carbonyl (C=O) groups is 2. The van der Waals surface area contributed by atoms with Crippen LogP contribution < -0.4 is 5.32 Å². The van der Waals surface area contributed by atoms with E-state index >= 15 is 0 Å². The average molecular weight is 357 g/mol. The molecule has 0 bridgehead atoms. The Bertz CT molecular complexity index is 955. The van der Waals surface area contributed by atoms with Crippen LogP contribution >= 0.6 is 11.7 Å². The highest BCUT2D eigenvalue weighted by molar-refractivity contribution is 7.00. The highest BCUT2D eigenvalue weighted by atomic mass is 32.1. The van der Waals surface area contributed by atoms with Gasteiger partial charge in [-0.25, -0.2) is 9.18 Å². The van der Waals surface area contributed by atoms with Gasteiger partial charge in [-0.05, 0) is 24.3 Å². The van der Waals surface area contributed by atoms with E-state index in [4.69, 9.17) is 4.74 Å². The lowest BCUT2D eigenvalue weighted by atomic mass is 10.2. The molecule has 0 aliphatic carbocycles. The van der Waals surface area contributed by atoms with Crippen LogP contribution in [0.1, 0.15) is 5.56 Å². The summed E-state index contributed by atoms with van der Waals surface area (Å²) in [6.07, 6.45) is 2.36. The lowest BCUT2D eigenvalue weighted by Gasteiger charge is -2.05. The summed E-state index contributed by atoms with van der Waals surface area (Å²) in [5.74, 6) is -1.70. The fraction of sp³-hybridized carbons (Fsp3) is 0.0588. The van der Waals surface area contributed by atoms with Crippen molar-refractivity contribution >= 4 is 46.4 Å². The molecule has 1 N–H and O–H groups in total. The minimum atomic E-state index is -0.744. The number of halogens is 1. The number of carbonyl (C=O) groups excluding carboxylic acids is 2. The van der Waals surface area contributed by atoms with Crippen molar-refractivity contribution in [2.75, 3.05) is 11.9 Å². The third-order valence-electron chi connectivity index (χ3n) is 3.21. The number of nitrogens with zero attached hydrogens (tertiary/aromatic N) is 2. The SMILES string of the molecule is O=C(COC(=O)/C=C\c1ccccc1F)Nc1cccc2nsnc12. The molecule has 0 saturated carbocycles. The van der Waals surface area contributed by atoms with Crippen molar-refractivity contribution in [2.24, 2.45) is 0 Å². The maximum absolute atomic E-state index is 13.4. The molecule has 6 nitrogen and oxygen atoms in total. The second-order valence-corrected chi connectivity index (χ2v) is 5.48. The molecule has 126 valence electrons. The topological polar surface area (TPSA) is 81.2 Å². The van der Waals surface area contributed by atoms with Gasteiger partial charge >= 0.3 is 5.97 Å². The smallest absolute Gasteiger partial charge is 0.331 e. The monoisotopic (exact) mass is 357 g/mol. The lowest BCUT2D eigenvalue weighted by Crippen LogP contribution is -2.20. The number of hydrogen-bond donors (Lipinski definition) is 1. The van der Waals surface area contributed by atoms with E-state index < -0.39 is 24.3 Å². The summed E-state index contributed by atoms with van der Waals surface area (Å²) in [7, 11) is 0. The van der Waals surface area contributed by atoms with Gasteiger partial charge in [0.2, 0.25) is 0 Å². The molecule has 2 aromatic carbocycles. The zero-order valence-electron chi connectivity index (χ0n) is 12.8. The Kier molecular flexibility index (Phi) is 5.10. The first kappa shape index (κ1) is 16.7. The fourth-order valence-corrected chi connectivity index (χ4v) is 2.60. The number of fused-ring (bicyclic) bond motifs is 1. The van der Waals surface area contributed by atoms with Crippen LogP contribution in [-0.4, -0.2) is 27.2 Å². The average Bonchev–Trinajstić information content (AvgIpc) is 3.09. The van der Waals surface area contributed by atoms with Gasteiger partial charge in [-0.1, -0.05) is 24.3 Å². The summed E-state index contributed by atoms with van der Waals surface area (Å²) in [6.45, 7) is -0.464. The van der Waals surface area contributed by atoms with E-state index in [0.29, 0.717) is 16.7 Å². The van der Waals surface area contributed by atoms with Crippen molar-refractivity contribution in [1.82, 2.24) is 8.75 Å². The van der Waals surface area contributed by atoms with Crippen LogP contribution in [-0.2, 0) is 14.3 Å². The first-order valence-electron chi connectivity index (χ1n) is 7.24. The Hall–Kier alpha value is -3.13. The van der Waals surface area contributed by atoms with E-state index in [0.717, 1.165) is 17.8 Å². The first-order valence-corrected chi connectivity index (χ1v) is 7.97. The molecule has 1 amide bonds. The molecule has 0 atom stereocenters. The Morgan fingerprint density at radius 3 is 2.84 bits per heavy atom. The van der Waals surface area contributed by atoms with Crippen molar-refractivity contribution in [1.29, 1.82) is 0 Å². The van der Waals surface area contributed by atoms with E-state index in [1.807, 2.05) is 0 Å². The van der Waals surface area contributed by atoms with Crippen LogP contribution in [0.5, 0.6) is 0 Å². The van der Waals surface area contributed by atoms with Gasteiger partial charge < -0.3 is 10.1 Å². The van der Waals surface area contributed by atoms with Crippen molar-refractivity contribution in [2.45, 2.75) is 0 Å². The van der Waals surface area contributed by atoms with Gasteiger partial charge in [0, 0.05) is 11.6 Å². The molecule has 25 heavy (non-hydrogen) atoms. The summed E-state index contributed by atoms with van der Waals surface area (Å²) in [6, 6.07) is 11.2. The van der Waals surface area contributed by atoms with Gasteiger partial charge in [0.05, 0.1) is 17.4 Å². The first-order chi connectivity index (χ1) is 12.1. The van der Waals surface area contributed by atoms with Crippen molar-refractivity contribution in [3.8, 4) is 0 Å². The molecule has 3 rings (SSSR count). The molecule has 1 heterocycles. The van der Waals surface area contributed by atoms with E-state index in [2.05, 4.69) is 14.1 Å². The van der Waals surface area contributed by atoms with Crippen molar-refractivity contribution < 1.29 is 18.7 Å². The van der Waals surface area contributed by atoms with E-state index in [1.165, 1.54) is 18.2 Å². The van der Waals surface area contributed by atoms with Crippen LogP contribution in [0.25, 0.3) is 17.1 Å². The Morgan fingerprint density at radius 1 is 1.16 bits per heavy atom. The second kappa shape index (κ2) is 7.63. The predicted molar refractivity (Wildman–Crippen MR) is 92.4 cm³/mol. The summed E-state index contributed by atoms with van der Waals surface area (Å²) < 4.78 is 26.4. The Morgan fingerprint density at radius 2 is 2.00 bits per heavy atom. The number of amides is 1. The molecular weight excluding hydrogens is 345 g/mol. The Labute approximate surface area is 146 Å². The number of benzene rings is 2. The van der Waals surface area contributed by atoms with Crippen LogP contribution in [0.4, 0.5) is 10.1 Å². The minimum Gasteiger partial charge on any atom is -0.452 e. The fourth-order valence-electron chi connectivity index (χ4n) is 2.05. The highest BCUT2D eigenvalue weighted by Crippen LogP contribution is 2.20. The number of esters is 1. The molecule has 0 radical (unpaired) electrons. The van der Waals surface area contributed by atoms with Gasteiger partial charge in [0.15, 0.2) is 6.61 Å². The molecule has 0 spiro atoms. The van der Waals surface area contributed by atoms with Gasteiger partial charge in [-0.3, -0.25) is 4.79 Å². The van der Waals surface area contributed by atoms with Crippen molar-refractivity contribution in [3.05, 3.63) is 59.9 Å². The predicted octanol–water partition coefficient (Wildman–Crippen LogP) is 3.03. The summed E-state index contributed by atoms with van der Waals surface area (Å²) in [5, 5.41) is 2.61. The highest BCUT2D eigenvalue weighted by Gasteiger charge is 2.10. The summed E-state index contributed by atoms with van der Waals surface area (Å²) in [5.41, 5.74) is 2.00. The summed E-state index contributed by atoms with van der Waals surface area (Å²) in [4.78, 5) is 23.5. The normalized spacial score (nSPS) is 10.9. The van der Waals surface area contributed by atoms with Crippen LogP contribution in [0, 0.1) is 5.82 Å². The molecule has 0 fully saturated rings. The van der Waals surface area contributed by atoms with Crippen LogP contribution in [0.3, 0.4) is 0 Å². The molecular formula is C17H12FN3O3S. The molecule has 3 aromatic rings. The maximum Gasteiger partial charge on any atom is 0.331 e. The molecule has 0 saturated heterocycles. The van der Waals surface area contributed by atoms with Gasteiger partial charge in [-0.15, -0.1) is 0 Å². The van der Waals surface area contributed by atoms with E-state index in [1.54, 1.807) is 30.3 Å². The lowest BCUT2D eigenvalue weighted by molar-refractivity contribution is -0.142. The zero-order chi connectivity index (χ0) is 17.6. The van der Waals surface area contributed by atoms with Crippen LogP contribution in [0.15, 0.2) is 48.5 Å². The maximum atomic E-state index is 13.4. The largest absolute Gasteiger partial charge is 0.452 e. The molecule has 0 aliphatic heterocycles. The number of nitrogens with one attached hydrogen (secondary N) is 1. The minimum absolute atomic E-state index is 0.256. The number of rotatable bonds is 5. The number of aromatic nitrogens is 2. The second-order valence-electron chi connectivity index (χ2n) is 4.95. The van der Waals surface area contributed by atoms with Crippen molar-refractivity contribution in [3.63, 3.8) is 0 Å². The molecule has 0 aliphatic rings. The molecule has 8 heteroatoms. The van der Waals surface area contributed by atoms with E-state index in [-0.39, 0.29) is 5.56 Å². The van der Waals surface area contributed by atoms with Gasteiger partial charge in [0.1, 0.15) is 16.9 Å². The van der Waals surface area contributed by atoms with Crippen LogP contribution in [0.2, 0.25) is 0 Å². The zero-order valence-corrected chi connectivity index (χ0v) is 13.6. The number of anilines is 1. The third kappa shape index (κ3) is 4.24. The quantitative estimate of drug-likeness (QED) is 0.561. The number of hydrogen-bond acceptors (Lipinski definition) is 6. The summed E-state index contributed by atoms with van der Waals surface area (Å²) >= 11 is 1.04. The number of ether oxygens (including phenoxy) is 1. The van der Waals surface area contributed by atoms with Gasteiger partial charge in [-0.2, -0.15) is 8.75 Å². The molecule has 0 unspecified atom stereocenters. The van der Waals surface area contributed by atoms with Gasteiger partial charge in [0.25, 0.3) is 5.91 Å². The van der Waals surface area contributed by atoms with E-state index in [9.17, 15) is 14.0 Å². The Balaban J connectivity index is 1.54. The molecule has 1 aromatic heterocycles. The standard InChI is InChI=1S/C17H12FN3O3S/c18-12-5-2-1-4-11(12)8-9-16(23)24-10-15(22)19-13-6-3-7-14-17(13)21-25-20-14/h1-9H,10H2,(H,19,22)/b9-8-. The third-order valence-corrected chi connectivity index (χ3v) is 3.75.